The molecule has 0 saturated carbocycles. The molecule has 0 fully saturated rings. The van der Waals surface area contributed by atoms with Crippen molar-refractivity contribution in [3.8, 4) is 5.75 Å². The minimum absolute atomic E-state index is 0.0999. The Balaban J connectivity index is 2.46. The van der Waals surface area contributed by atoms with Gasteiger partial charge in [0.15, 0.2) is 6.61 Å². The Labute approximate surface area is 101 Å². The van der Waals surface area contributed by atoms with Gasteiger partial charge in [-0.3, -0.25) is 24.6 Å². The van der Waals surface area contributed by atoms with Gasteiger partial charge in [0.2, 0.25) is 0 Å². The summed E-state index contributed by atoms with van der Waals surface area (Å²) in [7, 11) is 0. The van der Waals surface area contributed by atoms with Gasteiger partial charge in [-0.2, -0.15) is 0 Å². The number of hydrogen-bond donors (Lipinski definition) is 1. The fraction of sp³-hybridized carbons (Fsp3) is 0.200. The molecule has 0 saturated heterocycles. The molecule has 0 radical (unpaired) electrons. The molecule has 1 amide bonds. The van der Waals surface area contributed by atoms with Crippen LogP contribution >= 0.6 is 0 Å². The minimum Gasteiger partial charge on any atom is -0.482 e. The number of nitro benzene ring substituents is 1. The highest BCUT2D eigenvalue weighted by molar-refractivity contribution is 6.01. The zero-order valence-corrected chi connectivity index (χ0v) is 9.03. The van der Waals surface area contributed by atoms with E-state index in [-0.39, 0.29) is 23.7 Å². The molecule has 1 aromatic carbocycles. The van der Waals surface area contributed by atoms with Crippen molar-refractivity contribution in [3.05, 3.63) is 28.3 Å². The van der Waals surface area contributed by atoms with Gasteiger partial charge in [-0.05, 0) is 6.07 Å². The molecule has 0 bridgehead atoms. The third kappa shape index (κ3) is 2.08. The normalized spacial score (nSPS) is 13.8. The first-order valence-corrected chi connectivity index (χ1v) is 4.92. The predicted octanol–water partition coefficient (Wildman–Crippen LogP) is 0.405. The molecule has 1 heterocycles. The van der Waals surface area contributed by atoms with Gasteiger partial charge in [-0.25, -0.2) is 0 Å². The quantitative estimate of drug-likeness (QED) is 0.616. The number of carboxylic acid groups (broad SMARTS) is 1. The Hall–Kier alpha value is -2.64. The molecule has 1 aromatic rings. The molecule has 0 aromatic heterocycles. The molecule has 0 spiro atoms. The third-order valence-corrected chi connectivity index (χ3v) is 2.39. The fourth-order valence-electron chi connectivity index (χ4n) is 1.61. The number of ether oxygens (including phenoxy) is 1. The number of hydrogen-bond acceptors (Lipinski definition) is 5. The number of carbonyl (C=O) groups is 2. The minimum atomic E-state index is -1.21. The summed E-state index contributed by atoms with van der Waals surface area (Å²) in [5, 5.41) is 19.4. The average molecular weight is 252 g/mol. The van der Waals surface area contributed by atoms with E-state index in [1.165, 1.54) is 12.1 Å². The summed E-state index contributed by atoms with van der Waals surface area (Å²) in [4.78, 5) is 33.2. The van der Waals surface area contributed by atoms with Crippen molar-refractivity contribution in [1.29, 1.82) is 0 Å². The lowest BCUT2D eigenvalue weighted by atomic mass is 10.2. The molecule has 2 rings (SSSR count). The van der Waals surface area contributed by atoms with Crippen LogP contribution < -0.4 is 9.64 Å². The number of carbonyl (C=O) groups excluding carboxylic acids is 1. The van der Waals surface area contributed by atoms with Crippen LogP contribution in [0.15, 0.2) is 18.2 Å². The van der Waals surface area contributed by atoms with Crippen molar-refractivity contribution >= 4 is 23.3 Å². The van der Waals surface area contributed by atoms with E-state index in [4.69, 9.17) is 9.84 Å². The molecule has 94 valence electrons. The molecular weight excluding hydrogens is 244 g/mol. The SMILES string of the molecule is O=C(O)CN1C(=O)COc2ccc([N+](=O)[O-])cc21. The number of carboxylic acids is 1. The Morgan fingerprint density at radius 1 is 1.56 bits per heavy atom. The van der Waals surface area contributed by atoms with Crippen molar-refractivity contribution in [2.45, 2.75) is 0 Å². The number of rotatable bonds is 3. The Morgan fingerprint density at radius 2 is 2.28 bits per heavy atom. The van der Waals surface area contributed by atoms with Crippen molar-refractivity contribution < 1.29 is 24.4 Å². The van der Waals surface area contributed by atoms with Gasteiger partial charge in [-0.15, -0.1) is 0 Å². The van der Waals surface area contributed by atoms with E-state index in [1.54, 1.807) is 0 Å². The number of aliphatic carboxylic acids is 1. The van der Waals surface area contributed by atoms with E-state index in [0.29, 0.717) is 0 Å². The highest BCUT2D eigenvalue weighted by Crippen LogP contribution is 2.34. The lowest BCUT2D eigenvalue weighted by Gasteiger charge is -2.27. The summed E-state index contributed by atoms with van der Waals surface area (Å²) in [5.41, 5.74) is -0.134. The molecule has 0 aliphatic carbocycles. The van der Waals surface area contributed by atoms with E-state index in [2.05, 4.69) is 0 Å². The van der Waals surface area contributed by atoms with E-state index < -0.39 is 23.3 Å². The first-order chi connectivity index (χ1) is 8.49. The molecule has 18 heavy (non-hydrogen) atoms. The molecule has 8 nitrogen and oxygen atoms in total. The first-order valence-electron chi connectivity index (χ1n) is 4.92. The highest BCUT2D eigenvalue weighted by Gasteiger charge is 2.28. The van der Waals surface area contributed by atoms with Gasteiger partial charge in [0.05, 0.1) is 10.6 Å². The van der Waals surface area contributed by atoms with Crippen LogP contribution in [-0.4, -0.2) is 35.1 Å². The number of nitrogens with zero attached hydrogens (tertiary/aromatic N) is 2. The second-order valence-corrected chi connectivity index (χ2v) is 3.57. The first kappa shape index (κ1) is 11.8. The van der Waals surface area contributed by atoms with Gasteiger partial charge in [0, 0.05) is 12.1 Å². The third-order valence-electron chi connectivity index (χ3n) is 2.39. The number of non-ortho nitro benzene ring substituents is 1. The molecular formula is C10H8N2O6. The zero-order valence-electron chi connectivity index (χ0n) is 9.03. The summed E-state index contributed by atoms with van der Waals surface area (Å²) < 4.78 is 5.08. The molecule has 0 atom stereocenters. The van der Waals surface area contributed by atoms with Crippen LogP contribution in [0, 0.1) is 10.1 Å². The van der Waals surface area contributed by atoms with Crippen molar-refractivity contribution in [1.82, 2.24) is 0 Å². The fourth-order valence-corrected chi connectivity index (χ4v) is 1.61. The number of fused-ring (bicyclic) bond motifs is 1. The summed E-state index contributed by atoms with van der Waals surface area (Å²) in [5.74, 6) is -1.51. The number of amides is 1. The van der Waals surface area contributed by atoms with Crippen molar-refractivity contribution in [2.75, 3.05) is 18.1 Å². The van der Waals surface area contributed by atoms with Gasteiger partial charge in [0.1, 0.15) is 12.3 Å². The molecule has 0 unspecified atom stereocenters. The van der Waals surface area contributed by atoms with Gasteiger partial charge in [0.25, 0.3) is 11.6 Å². The van der Waals surface area contributed by atoms with Crippen molar-refractivity contribution in [3.63, 3.8) is 0 Å². The zero-order chi connectivity index (χ0) is 13.3. The maximum atomic E-state index is 11.5. The summed E-state index contributed by atoms with van der Waals surface area (Å²) in [6.07, 6.45) is 0. The number of benzene rings is 1. The van der Waals surface area contributed by atoms with Crippen LogP contribution in [-0.2, 0) is 9.59 Å². The van der Waals surface area contributed by atoms with E-state index in [9.17, 15) is 19.7 Å². The maximum absolute atomic E-state index is 11.5. The van der Waals surface area contributed by atoms with Gasteiger partial charge >= 0.3 is 5.97 Å². The topological polar surface area (TPSA) is 110 Å². The highest BCUT2D eigenvalue weighted by atomic mass is 16.6. The Bertz CT molecular complexity index is 541. The van der Waals surface area contributed by atoms with Crippen LogP contribution in [0.25, 0.3) is 0 Å². The van der Waals surface area contributed by atoms with Crippen LogP contribution in [0.5, 0.6) is 5.75 Å². The molecule has 1 N–H and O–H groups in total. The Kier molecular flexibility index (Phi) is 2.84. The molecule has 1 aliphatic rings. The van der Waals surface area contributed by atoms with Crippen LogP contribution in [0.4, 0.5) is 11.4 Å². The predicted molar refractivity (Wildman–Crippen MR) is 58.6 cm³/mol. The lowest BCUT2D eigenvalue weighted by molar-refractivity contribution is -0.384. The van der Waals surface area contributed by atoms with Gasteiger partial charge in [-0.1, -0.05) is 0 Å². The lowest BCUT2D eigenvalue weighted by Crippen LogP contribution is -2.41. The molecule has 8 heteroatoms. The second-order valence-electron chi connectivity index (χ2n) is 3.57. The van der Waals surface area contributed by atoms with E-state index in [0.717, 1.165) is 11.0 Å². The van der Waals surface area contributed by atoms with E-state index in [1.807, 2.05) is 0 Å². The number of anilines is 1. The maximum Gasteiger partial charge on any atom is 0.323 e. The average Bonchev–Trinajstić information content (AvgIpc) is 2.31. The van der Waals surface area contributed by atoms with Gasteiger partial charge < -0.3 is 9.84 Å². The standard InChI is InChI=1S/C10H8N2O6/c13-9-5-18-8-2-1-6(12(16)17)3-7(8)11(9)4-10(14)15/h1-3H,4-5H2,(H,14,15). The van der Waals surface area contributed by atoms with Crippen LogP contribution in [0.3, 0.4) is 0 Å². The smallest absolute Gasteiger partial charge is 0.323 e. The van der Waals surface area contributed by atoms with Crippen molar-refractivity contribution in [2.24, 2.45) is 0 Å². The summed E-state index contributed by atoms with van der Waals surface area (Å²) in [6.45, 7) is -0.839. The summed E-state index contributed by atoms with van der Waals surface area (Å²) >= 11 is 0. The van der Waals surface area contributed by atoms with E-state index >= 15 is 0 Å². The monoisotopic (exact) mass is 252 g/mol. The van der Waals surface area contributed by atoms with Crippen LogP contribution in [0.1, 0.15) is 0 Å². The summed E-state index contributed by atoms with van der Waals surface area (Å²) in [6, 6.07) is 3.69. The largest absolute Gasteiger partial charge is 0.482 e. The Morgan fingerprint density at radius 3 is 2.89 bits per heavy atom. The molecule has 1 aliphatic heterocycles. The van der Waals surface area contributed by atoms with Crippen LogP contribution in [0.2, 0.25) is 0 Å². The second kappa shape index (κ2) is 4.32. The number of nitro groups is 1.